The second-order valence-electron chi connectivity index (χ2n) is 6.94. The average molecular weight is 437 g/mol. The molecule has 0 saturated carbocycles. The predicted molar refractivity (Wildman–Crippen MR) is 115 cm³/mol. The van der Waals surface area contributed by atoms with Gasteiger partial charge in [-0.3, -0.25) is 4.99 Å². The van der Waals surface area contributed by atoms with Crippen molar-refractivity contribution in [2.45, 2.75) is 11.8 Å². The van der Waals surface area contributed by atoms with Crippen LogP contribution in [-0.4, -0.2) is 64.3 Å². The van der Waals surface area contributed by atoms with Crippen LogP contribution in [0.1, 0.15) is 6.92 Å². The van der Waals surface area contributed by atoms with Gasteiger partial charge in [-0.05, 0) is 31.2 Å². The highest BCUT2D eigenvalue weighted by atomic mass is 32.2. The molecule has 1 N–H and O–H groups in total. The van der Waals surface area contributed by atoms with Gasteiger partial charge in [0.2, 0.25) is 0 Å². The maximum atomic E-state index is 14.0. The summed E-state index contributed by atoms with van der Waals surface area (Å²) in [6.07, 6.45) is 0. The Morgan fingerprint density at radius 3 is 2.43 bits per heavy atom. The van der Waals surface area contributed by atoms with E-state index in [1.54, 1.807) is 35.2 Å². The fourth-order valence-electron chi connectivity index (χ4n) is 3.33. The molecule has 0 aliphatic carbocycles. The minimum absolute atomic E-state index is 0.0830. The molecule has 0 radical (unpaired) electrons. The number of hydrogen-bond donors (Lipinski definition) is 1. The third-order valence-electron chi connectivity index (χ3n) is 4.89. The summed E-state index contributed by atoms with van der Waals surface area (Å²) in [6.45, 7) is 4.86. The highest BCUT2D eigenvalue weighted by molar-refractivity contribution is 7.91. The number of benzene rings is 2. The van der Waals surface area contributed by atoms with Crippen molar-refractivity contribution in [1.29, 1.82) is 0 Å². The lowest BCUT2D eigenvalue weighted by atomic mass is 10.2. The van der Waals surface area contributed by atoms with Crippen LogP contribution in [-0.2, 0) is 9.84 Å². The van der Waals surface area contributed by atoms with Gasteiger partial charge in [-0.1, -0.05) is 18.2 Å². The van der Waals surface area contributed by atoms with Crippen molar-refractivity contribution >= 4 is 21.5 Å². The maximum absolute atomic E-state index is 14.0. The molecule has 6 nitrogen and oxygen atoms in total. The van der Waals surface area contributed by atoms with Crippen LogP contribution in [0.15, 0.2) is 58.4 Å². The van der Waals surface area contributed by atoms with Gasteiger partial charge in [0.1, 0.15) is 11.6 Å². The van der Waals surface area contributed by atoms with E-state index in [2.05, 4.69) is 10.3 Å². The first-order valence-electron chi connectivity index (χ1n) is 9.92. The molecular formula is C21H26F2N4O2S. The minimum Gasteiger partial charge on any atom is -0.366 e. The Labute approximate surface area is 176 Å². The van der Waals surface area contributed by atoms with Crippen LogP contribution >= 0.6 is 0 Å². The topological polar surface area (TPSA) is 65.0 Å². The van der Waals surface area contributed by atoms with Crippen LogP contribution in [0.3, 0.4) is 0 Å². The third-order valence-corrected chi connectivity index (χ3v) is 6.60. The minimum atomic E-state index is -3.39. The second kappa shape index (κ2) is 9.88. The number of aliphatic imine (C=N–C) groups is 1. The normalized spacial score (nSPS) is 15.4. The van der Waals surface area contributed by atoms with Crippen molar-refractivity contribution in [3.8, 4) is 0 Å². The van der Waals surface area contributed by atoms with Crippen molar-refractivity contribution in [3.63, 3.8) is 0 Å². The number of guanidine groups is 1. The number of rotatable bonds is 6. The summed E-state index contributed by atoms with van der Waals surface area (Å²) in [5, 5.41) is 3.18. The van der Waals surface area contributed by atoms with E-state index in [-0.39, 0.29) is 22.9 Å². The predicted octanol–water partition coefficient (Wildman–Crippen LogP) is 2.53. The zero-order chi connectivity index (χ0) is 21.6. The van der Waals surface area contributed by atoms with Gasteiger partial charge in [0.15, 0.2) is 15.8 Å². The number of piperazine rings is 1. The number of nitrogens with one attached hydrogen (secondary N) is 1. The number of sulfone groups is 1. The molecule has 9 heteroatoms. The van der Waals surface area contributed by atoms with Crippen molar-refractivity contribution in [2.24, 2.45) is 4.99 Å². The average Bonchev–Trinajstić information content (AvgIpc) is 2.75. The summed E-state index contributed by atoms with van der Waals surface area (Å²) < 4.78 is 52.4. The van der Waals surface area contributed by atoms with E-state index >= 15 is 0 Å². The van der Waals surface area contributed by atoms with Gasteiger partial charge in [0.25, 0.3) is 0 Å². The lowest BCUT2D eigenvalue weighted by Crippen LogP contribution is -2.52. The molecule has 0 spiro atoms. The molecule has 2 aromatic carbocycles. The van der Waals surface area contributed by atoms with Gasteiger partial charge >= 0.3 is 0 Å². The Morgan fingerprint density at radius 1 is 1.07 bits per heavy atom. The molecule has 30 heavy (non-hydrogen) atoms. The third kappa shape index (κ3) is 5.47. The molecule has 162 valence electrons. The highest BCUT2D eigenvalue weighted by Gasteiger charge is 2.22. The van der Waals surface area contributed by atoms with E-state index in [4.69, 9.17) is 0 Å². The van der Waals surface area contributed by atoms with Crippen LogP contribution in [0.2, 0.25) is 0 Å². The Balaban J connectivity index is 1.62. The van der Waals surface area contributed by atoms with Gasteiger partial charge < -0.3 is 15.1 Å². The number of halogens is 2. The Morgan fingerprint density at radius 2 is 1.77 bits per heavy atom. The van der Waals surface area contributed by atoms with E-state index in [1.807, 2.05) is 11.8 Å². The first kappa shape index (κ1) is 22.0. The van der Waals surface area contributed by atoms with Crippen LogP contribution in [0.5, 0.6) is 0 Å². The number of hydrogen-bond acceptors (Lipinski definition) is 4. The molecule has 0 atom stereocenters. The molecule has 0 unspecified atom stereocenters. The fraction of sp³-hybridized carbons (Fsp3) is 0.381. The van der Waals surface area contributed by atoms with Crippen molar-refractivity contribution in [1.82, 2.24) is 10.2 Å². The highest BCUT2D eigenvalue weighted by Crippen LogP contribution is 2.22. The first-order valence-corrected chi connectivity index (χ1v) is 11.6. The SMILES string of the molecule is CCNC(=NCCS(=O)(=O)c1ccccc1)N1CCN(c2cc(F)ccc2F)CC1. The molecule has 1 aliphatic rings. The standard InChI is InChI=1S/C21H26F2N4O2S/c1-2-24-21(25-10-15-30(28,29)18-6-4-3-5-7-18)27-13-11-26(12-14-27)20-16-17(22)8-9-19(20)23/h3-9,16H,2,10-15H2,1H3,(H,24,25). The first-order chi connectivity index (χ1) is 14.4. The van der Waals surface area contributed by atoms with E-state index < -0.39 is 21.5 Å². The van der Waals surface area contributed by atoms with Gasteiger partial charge in [0.05, 0.1) is 22.9 Å². The molecule has 1 fully saturated rings. The molecule has 2 aromatic rings. The van der Waals surface area contributed by atoms with Crippen LogP contribution in [0.25, 0.3) is 0 Å². The van der Waals surface area contributed by atoms with Crippen LogP contribution in [0, 0.1) is 11.6 Å². The summed E-state index contributed by atoms with van der Waals surface area (Å²) in [5.74, 6) is -0.375. The van der Waals surface area contributed by atoms with E-state index in [9.17, 15) is 17.2 Å². The fourth-order valence-corrected chi connectivity index (χ4v) is 4.47. The molecular weight excluding hydrogens is 410 g/mol. The number of nitrogens with zero attached hydrogens (tertiary/aromatic N) is 3. The Hall–Kier alpha value is -2.68. The quantitative estimate of drug-likeness (QED) is 0.557. The summed E-state index contributed by atoms with van der Waals surface area (Å²) in [6, 6.07) is 11.8. The summed E-state index contributed by atoms with van der Waals surface area (Å²) >= 11 is 0. The lowest BCUT2D eigenvalue weighted by molar-refractivity contribution is 0.371. The molecule has 1 aliphatic heterocycles. The van der Waals surface area contributed by atoms with Crippen molar-refractivity contribution in [2.75, 3.05) is 49.9 Å². The molecule has 0 bridgehead atoms. The van der Waals surface area contributed by atoms with Gasteiger partial charge in [-0.15, -0.1) is 0 Å². The molecule has 0 aromatic heterocycles. The lowest BCUT2D eigenvalue weighted by Gasteiger charge is -2.37. The van der Waals surface area contributed by atoms with Crippen molar-refractivity contribution in [3.05, 3.63) is 60.2 Å². The zero-order valence-electron chi connectivity index (χ0n) is 16.9. The van der Waals surface area contributed by atoms with Crippen LogP contribution < -0.4 is 10.2 Å². The zero-order valence-corrected chi connectivity index (χ0v) is 17.7. The maximum Gasteiger partial charge on any atom is 0.194 e. The molecule has 0 amide bonds. The van der Waals surface area contributed by atoms with Gasteiger partial charge in [0, 0.05) is 38.8 Å². The smallest absolute Gasteiger partial charge is 0.194 e. The van der Waals surface area contributed by atoms with Gasteiger partial charge in [-0.2, -0.15) is 0 Å². The summed E-state index contributed by atoms with van der Waals surface area (Å²) in [4.78, 5) is 8.58. The second-order valence-corrected chi connectivity index (χ2v) is 9.05. The van der Waals surface area contributed by atoms with Gasteiger partial charge in [-0.25, -0.2) is 17.2 Å². The van der Waals surface area contributed by atoms with E-state index in [0.29, 0.717) is 38.7 Å². The van der Waals surface area contributed by atoms with E-state index in [0.717, 1.165) is 12.1 Å². The molecule has 1 heterocycles. The Bertz CT molecular complexity index is 976. The number of anilines is 1. The summed E-state index contributed by atoms with van der Waals surface area (Å²) in [5.41, 5.74) is 0.255. The van der Waals surface area contributed by atoms with Crippen molar-refractivity contribution < 1.29 is 17.2 Å². The Kier molecular flexibility index (Phi) is 7.25. The van der Waals surface area contributed by atoms with Crippen LogP contribution in [0.4, 0.5) is 14.5 Å². The molecule has 1 saturated heterocycles. The monoisotopic (exact) mass is 436 g/mol. The summed E-state index contributed by atoms with van der Waals surface area (Å²) in [7, 11) is -3.39. The molecule has 3 rings (SSSR count). The largest absolute Gasteiger partial charge is 0.366 e. The van der Waals surface area contributed by atoms with E-state index in [1.165, 1.54) is 6.07 Å².